The zero-order chi connectivity index (χ0) is 17.4. The van der Waals surface area contributed by atoms with Gasteiger partial charge in [0.2, 0.25) is 5.91 Å². The van der Waals surface area contributed by atoms with E-state index >= 15 is 0 Å². The standard InChI is InChI=1S/C19H19N3O3/c23-17-10-14(21-19(25)16-6-3-7-20-18(16)24)11-22(17)15-8-12-4-1-2-5-13(12)9-15/h1-7,14-15H,8-11H2,(H,20,24)(H,21,25). The number of fused-ring (bicyclic) bond motifs is 1. The second-order valence-corrected chi connectivity index (χ2v) is 6.66. The molecule has 2 aliphatic rings. The maximum absolute atomic E-state index is 12.4. The van der Waals surface area contributed by atoms with Crippen LogP contribution in [0.5, 0.6) is 0 Å². The number of pyridine rings is 1. The Hall–Kier alpha value is -2.89. The molecule has 2 heterocycles. The van der Waals surface area contributed by atoms with E-state index in [0.29, 0.717) is 6.54 Å². The molecule has 1 atom stereocenters. The van der Waals surface area contributed by atoms with Gasteiger partial charge in [0.15, 0.2) is 0 Å². The number of amides is 2. The van der Waals surface area contributed by atoms with Crippen molar-refractivity contribution in [3.05, 3.63) is 69.6 Å². The third-order valence-corrected chi connectivity index (χ3v) is 5.03. The quantitative estimate of drug-likeness (QED) is 0.872. The zero-order valence-electron chi connectivity index (χ0n) is 13.7. The van der Waals surface area contributed by atoms with E-state index in [1.807, 2.05) is 17.0 Å². The van der Waals surface area contributed by atoms with Gasteiger partial charge in [-0.25, -0.2) is 0 Å². The smallest absolute Gasteiger partial charge is 0.260 e. The number of hydrogen-bond donors (Lipinski definition) is 2. The lowest BCUT2D eigenvalue weighted by Crippen LogP contribution is -2.42. The highest BCUT2D eigenvalue weighted by atomic mass is 16.2. The van der Waals surface area contributed by atoms with E-state index in [-0.39, 0.29) is 30.0 Å². The van der Waals surface area contributed by atoms with Crippen LogP contribution in [-0.2, 0) is 17.6 Å². The molecule has 0 radical (unpaired) electrons. The van der Waals surface area contributed by atoms with Gasteiger partial charge < -0.3 is 15.2 Å². The summed E-state index contributed by atoms with van der Waals surface area (Å²) in [6.07, 6.45) is 3.49. The minimum absolute atomic E-state index is 0.0603. The monoisotopic (exact) mass is 337 g/mol. The predicted molar refractivity (Wildman–Crippen MR) is 92.3 cm³/mol. The number of aromatic amines is 1. The maximum Gasteiger partial charge on any atom is 0.260 e. The Bertz CT molecular complexity index is 864. The van der Waals surface area contributed by atoms with Gasteiger partial charge in [-0.2, -0.15) is 0 Å². The predicted octanol–water partition coefficient (Wildman–Crippen LogP) is 0.873. The number of rotatable bonds is 3. The highest BCUT2D eigenvalue weighted by Gasteiger charge is 2.37. The van der Waals surface area contributed by atoms with E-state index in [1.165, 1.54) is 23.4 Å². The first kappa shape index (κ1) is 15.6. The lowest BCUT2D eigenvalue weighted by molar-refractivity contribution is -0.129. The van der Waals surface area contributed by atoms with E-state index in [2.05, 4.69) is 22.4 Å². The molecule has 6 heteroatoms. The Morgan fingerprint density at radius 1 is 1.04 bits per heavy atom. The second-order valence-electron chi connectivity index (χ2n) is 6.66. The summed E-state index contributed by atoms with van der Waals surface area (Å²) in [4.78, 5) is 40.8. The normalized spacial score (nSPS) is 19.9. The molecule has 0 saturated carbocycles. The van der Waals surface area contributed by atoms with E-state index in [1.54, 1.807) is 6.07 Å². The first-order valence-corrected chi connectivity index (χ1v) is 8.46. The van der Waals surface area contributed by atoms with Crippen LogP contribution < -0.4 is 10.9 Å². The van der Waals surface area contributed by atoms with Gasteiger partial charge in [0.05, 0.1) is 6.04 Å². The summed E-state index contributed by atoms with van der Waals surface area (Å²) in [5.74, 6) is -0.374. The van der Waals surface area contributed by atoms with Gasteiger partial charge in [-0.1, -0.05) is 24.3 Å². The van der Waals surface area contributed by atoms with Crippen molar-refractivity contribution in [1.82, 2.24) is 15.2 Å². The van der Waals surface area contributed by atoms with Crippen LogP contribution in [0, 0.1) is 0 Å². The third-order valence-electron chi connectivity index (χ3n) is 5.03. The molecule has 2 aromatic rings. The number of H-pyrrole nitrogens is 1. The first-order chi connectivity index (χ1) is 12.1. The van der Waals surface area contributed by atoms with Crippen LogP contribution in [-0.4, -0.2) is 40.3 Å². The minimum Gasteiger partial charge on any atom is -0.347 e. The first-order valence-electron chi connectivity index (χ1n) is 8.46. The summed E-state index contributed by atoms with van der Waals surface area (Å²) in [6.45, 7) is 0.494. The molecule has 1 unspecified atom stereocenters. The highest BCUT2D eigenvalue weighted by Crippen LogP contribution is 2.28. The van der Waals surface area contributed by atoms with Gasteiger partial charge in [-0.05, 0) is 36.1 Å². The molecule has 1 saturated heterocycles. The van der Waals surface area contributed by atoms with Gasteiger partial charge in [0.25, 0.3) is 11.5 Å². The van der Waals surface area contributed by atoms with Crippen LogP contribution in [0.4, 0.5) is 0 Å². The van der Waals surface area contributed by atoms with Crippen molar-refractivity contribution in [2.24, 2.45) is 0 Å². The van der Waals surface area contributed by atoms with Gasteiger partial charge in [0, 0.05) is 25.2 Å². The van der Waals surface area contributed by atoms with E-state index in [0.717, 1.165) is 12.8 Å². The number of hydrogen-bond acceptors (Lipinski definition) is 3. The number of carbonyl (C=O) groups is 2. The summed E-state index contributed by atoms with van der Waals surface area (Å²) in [5, 5.41) is 2.82. The highest BCUT2D eigenvalue weighted by molar-refractivity contribution is 5.94. The van der Waals surface area contributed by atoms with E-state index in [9.17, 15) is 14.4 Å². The topological polar surface area (TPSA) is 82.3 Å². The Labute approximate surface area is 144 Å². The SMILES string of the molecule is O=C(NC1CC(=O)N(C2Cc3ccccc3C2)C1)c1ccc[nH]c1=O. The molecule has 2 amide bonds. The van der Waals surface area contributed by atoms with Gasteiger partial charge in [-0.15, -0.1) is 0 Å². The van der Waals surface area contributed by atoms with E-state index < -0.39 is 11.5 Å². The van der Waals surface area contributed by atoms with Crippen LogP contribution >= 0.6 is 0 Å². The van der Waals surface area contributed by atoms with Crippen molar-refractivity contribution in [2.45, 2.75) is 31.3 Å². The maximum atomic E-state index is 12.4. The minimum atomic E-state index is -0.434. The molecule has 1 fully saturated rings. The third kappa shape index (κ3) is 2.95. The van der Waals surface area contributed by atoms with Crippen molar-refractivity contribution < 1.29 is 9.59 Å². The van der Waals surface area contributed by atoms with Gasteiger partial charge >= 0.3 is 0 Å². The van der Waals surface area contributed by atoms with Crippen molar-refractivity contribution >= 4 is 11.8 Å². The average Bonchev–Trinajstić information content (AvgIpc) is 3.18. The van der Waals surface area contributed by atoms with Crippen LogP contribution in [0.3, 0.4) is 0 Å². The number of carbonyl (C=O) groups excluding carboxylic acids is 2. The number of likely N-dealkylation sites (tertiary alicyclic amines) is 1. The molecular weight excluding hydrogens is 318 g/mol. The largest absolute Gasteiger partial charge is 0.347 e. The molecule has 1 aromatic heterocycles. The van der Waals surface area contributed by atoms with Crippen molar-refractivity contribution in [3.8, 4) is 0 Å². The number of aromatic nitrogens is 1. The fourth-order valence-corrected chi connectivity index (χ4v) is 3.80. The van der Waals surface area contributed by atoms with Crippen LogP contribution in [0.2, 0.25) is 0 Å². The summed E-state index contributed by atoms with van der Waals surface area (Å²) in [7, 11) is 0. The Balaban J connectivity index is 1.42. The van der Waals surface area contributed by atoms with Crippen LogP contribution in [0.25, 0.3) is 0 Å². The zero-order valence-corrected chi connectivity index (χ0v) is 13.7. The van der Waals surface area contributed by atoms with Crippen LogP contribution in [0.1, 0.15) is 27.9 Å². The molecule has 1 aliphatic heterocycles. The number of nitrogens with zero attached hydrogens (tertiary/aromatic N) is 1. The fourth-order valence-electron chi connectivity index (χ4n) is 3.80. The molecule has 2 N–H and O–H groups in total. The second kappa shape index (κ2) is 6.20. The average molecular weight is 337 g/mol. The fraction of sp³-hybridized carbons (Fsp3) is 0.316. The molecule has 1 aliphatic carbocycles. The molecule has 4 rings (SSSR count). The molecule has 128 valence electrons. The Kier molecular flexibility index (Phi) is 3.87. The molecule has 0 spiro atoms. The summed E-state index contributed by atoms with van der Waals surface area (Å²) in [6, 6.07) is 11.2. The van der Waals surface area contributed by atoms with Gasteiger partial charge in [-0.3, -0.25) is 14.4 Å². The molecule has 0 bridgehead atoms. The van der Waals surface area contributed by atoms with Crippen LogP contribution in [0.15, 0.2) is 47.4 Å². The summed E-state index contributed by atoms with van der Waals surface area (Å²) in [5.41, 5.74) is 2.24. The molecule has 6 nitrogen and oxygen atoms in total. The van der Waals surface area contributed by atoms with Crippen molar-refractivity contribution in [3.63, 3.8) is 0 Å². The Morgan fingerprint density at radius 3 is 2.44 bits per heavy atom. The summed E-state index contributed by atoms with van der Waals surface area (Å²) >= 11 is 0. The molecule has 25 heavy (non-hydrogen) atoms. The molecular formula is C19H19N3O3. The Morgan fingerprint density at radius 2 is 1.76 bits per heavy atom. The number of benzene rings is 1. The van der Waals surface area contributed by atoms with Crippen molar-refractivity contribution in [2.75, 3.05) is 6.54 Å². The lowest BCUT2D eigenvalue weighted by atomic mass is 10.1. The summed E-state index contributed by atoms with van der Waals surface area (Å²) < 4.78 is 0. The lowest BCUT2D eigenvalue weighted by Gasteiger charge is -2.24. The van der Waals surface area contributed by atoms with Gasteiger partial charge in [0.1, 0.15) is 5.56 Å². The van der Waals surface area contributed by atoms with Crippen molar-refractivity contribution in [1.29, 1.82) is 0 Å². The number of nitrogens with one attached hydrogen (secondary N) is 2. The molecule has 1 aromatic carbocycles. The van der Waals surface area contributed by atoms with E-state index in [4.69, 9.17) is 0 Å².